The summed E-state index contributed by atoms with van der Waals surface area (Å²) in [7, 11) is 4.00. The minimum absolute atomic E-state index is 0.0268. The van der Waals surface area contributed by atoms with E-state index in [0.717, 1.165) is 16.6 Å². The third-order valence-electron chi connectivity index (χ3n) is 3.74. The molecule has 1 fully saturated rings. The molecule has 19 heavy (non-hydrogen) atoms. The fraction of sp³-hybridized carbons (Fsp3) is 0.429. The van der Waals surface area contributed by atoms with E-state index in [4.69, 9.17) is 4.74 Å². The maximum atomic E-state index is 9.51. The van der Waals surface area contributed by atoms with E-state index in [2.05, 4.69) is 27.0 Å². The van der Waals surface area contributed by atoms with Crippen molar-refractivity contribution >= 4 is 11.0 Å². The van der Waals surface area contributed by atoms with E-state index < -0.39 is 5.41 Å². The van der Waals surface area contributed by atoms with Crippen LogP contribution in [0.2, 0.25) is 0 Å². The van der Waals surface area contributed by atoms with Gasteiger partial charge in [-0.3, -0.25) is 0 Å². The van der Waals surface area contributed by atoms with Crippen LogP contribution in [0, 0.1) is 16.7 Å². The fourth-order valence-corrected chi connectivity index (χ4v) is 2.84. The van der Waals surface area contributed by atoms with E-state index in [9.17, 15) is 5.26 Å². The molecule has 0 spiro atoms. The first kappa shape index (κ1) is 12.2. The zero-order chi connectivity index (χ0) is 13.5. The Kier molecular flexibility index (Phi) is 2.77. The molecule has 3 rings (SSSR count). The molecular formula is C14H16N4O. The molecule has 0 radical (unpaired) electrons. The van der Waals surface area contributed by atoms with Gasteiger partial charge in [-0.25, -0.2) is 4.98 Å². The molecule has 1 atom stereocenters. The van der Waals surface area contributed by atoms with Crippen molar-refractivity contribution in [1.82, 2.24) is 14.9 Å². The highest BCUT2D eigenvalue weighted by Gasteiger charge is 2.48. The van der Waals surface area contributed by atoms with E-state index in [1.807, 2.05) is 26.2 Å². The van der Waals surface area contributed by atoms with Gasteiger partial charge in [0.25, 0.3) is 0 Å². The number of aromatic amines is 1. The first-order chi connectivity index (χ1) is 9.16. The van der Waals surface area contributed by atoms with Crippen LogP contribution < -0.4 is 0 Å². The van der Waals surface area contributed by atoms with Crippen LogP contribution in [0.25, 0.3) is 11.0 Å². The highest BCUT2D eigenvalue weighted by molar-refractivity contribution is 5.75. The Hall–Kier alpha value is -1.90. The van der Waals surface area contributed by atoms with Crippen molar-refractivity contribution < 1.29 is 4.74 Å². The Labute approximate surface area is 111 Å². The number of hydrogen-bond acceptors (Lipinski definition) is 4. The second kappa shape index (κ2) is 4.34. The van der Waals surface area contributed by atoms with E-state index in [0.29, 0.717) is 13.2 Å². The van der Waals surface area contributed by atoms with E-state index in [1.54, 1.807) is 6.33 Å². The average Bonchev–Trinajstić information content (AvgIpc) is 2.80. The van der Waals surface area contributed by atoms with Crippen molar-refractivity contribution in [2.75, 3.05) is 27.3 Å². The zero-order valence-corrected chi connectivity index (χ0v) is 11.1. The standard InChI is InChI=1S/C14H16N4O/c1-18(2)13(14(6-15)7-19-8-14)10-3-4-11-12(5-10)17-9-16-11/h3-5,9,13H,7-8H2,1-2H3,(H,16,17). The number of ether oxygens (including phenoxy) is 1. The number of nitrogens with one attached hydrogen (secondary N) is 1. The predicted octanol–water partition coefficient (Wildman–Crippen LogP) is 1.71. The molecule has 1 unspecified atom stereocenters. The molecule has 1 aliphatic rings. The number of benzene rings is 1. The summed E-state index contributed by atoms with van der Waals surface area (Å²) in [5.41, 5.74) is 2.61. The van der Waals surface area contributed by atoms with E-state index in [1.165, 1.54) is 0 Å². The van der Waals surface area contributed by atoms with Gasteiger partial charge in [-0.15, -0.1) is 0 Å². The summed E-state index contributed by atoms with van der Waals surface area (Å²) in [6.07, 6.45) is 1.69. The molecule has 0 saturated carbocycles. The largest absolute Gasteiger partial charge is 0.378 e. The monoisotopic (exact) mass is 256 g/mol. The molecule has 5 nitrogen and oxygen atoms in total. The second-order valence-electron chi connectivity index (χ2n) is 5.31. The highest BCUT2D eigenvalue weighted by atomic mass is 16.5. The summed E-state index contributed by atoms with van der Waals surface area (Å²) in [6.45, 7) is 0.987. The quantitative estimate of drug-likeness (QED) is 0.908. The molecular weight excluding hydrogens is 240 g/mol. The van der Waals surface area contributed by atoms with Crippen LogP contribution in [0.1, 0.15) is 11.6 Å². The molecule has 2 aromatic rings. The lowest BCUT2D eigenvalue weighted by atomic mass is 9.76. The van der Waals surface area contributed by atoms with Crippen molar-refractivity contribution in [2.45, 2.75) is 6.04 Å². The summed E-state index contributed by atoms with van der Waals surface area (Å²) in [5, 5.41) is 9.51. The predicted molar refractivity (Wildman–Crippen MR) is 71.4 cm³/mol. The Bertz CT molecular complexity index is 636. The lowest BCUT2D eigenvalue weighted by Gasteiger charge is -2.44. The first-order valence-electron chi connectivity index (χ1n) is 6.25. The molecule has 1 aliphatic heterocycles. The Morgan fingerprint density at radius 2 is 2.26 bits per heavy atom. The molecule has 5 heteroatoms. The lowest BCUT2D eigenvalue weighted by Crippen LogP contribution is -2.50. The van der Waals surface area contributed by atoms with Gasteiger partial charge in [0.05, 0.1) is 42.7 Å². The molecule has 2 heterocycles. The maximum absolute atomic E-state index is 9.51. The van der Waals surface area contributed by atoms with Crippen LogP contribution in [0.5, 0.6) is 0 Å². The third kappa shape index (κ3) is 1.81. The Morgan fingerprint density at radius 1 is 1.47 bits per heavy atom. The lowest BCUT2D eigenvalue weighted by molar-refractivity contribution is -0.115. The van der Waals surface area contributed by atoms with Crippen LogP contribution in [-0.2, 0) is 4.74 Å². The number of aromatic nitrogens is 2. The molecule has 1 N–H and O–H groups in total. The summed E-state index contributed by atoms with van der Waals surface area (Å²) in [6, 6.07) is 8.58. The molecule has 1 aromatic carbocycles. The third-order valence-corrected chi connectivity index (χ3v) is 3.74. The first-order valence-corrected chi connectivity index (χ1v) is 6.25. The van der Waals surface area contributed by atoms with Gasteiger partial charge in [0, 0.05) is 0 Å². The minimum Gasteiger partial charge on any atom is -0.378 e. The number of rotatable bonds is 3. The molecule has 98 valence electrons. The topological polar surface area (TPSA) is 64.9 Å². The molecule has 0 aliphatic carbocycles. The van der Waals surface area contributed by atoms with E-state index in [-0.39, 0.29) is 6.04 Å². The Balaban J connectivity index is 2.07. The molecule has 0 amide bonds. The van der Waals surface area contributed by atoms with E-state index >= 15 is 0 Å². The highest BCUT2D eigenvalue weighted by Crippen LogP contribution is 2.43. The van der Waals surface area contributed by atoms with Crippen molar-refractivity contribution in [3.8, 4) is 6.07 Å². The number of hydrogen-bond donors (Lipinski definition) is 1. The summed E-state index contributed by atoms with van der Waals surface area (Å²) in [4.78, 5) is 9.42. The van der Waals surface area contributed by atoms with Crippen LogP contribution in [0.4, 0.5) is 0 Å². The zero-order valence-electron chi connectivity index (χ0n) is 11.1. The van der Waals surface area contributed by atoms with Crippen LogP contribution in [0.15, 0.2) is 24.5 Å². The number of nitriles is 1. The number of H-pyrrole nitrogens is 1. The van der Waals surface area contributed by atoms with Crippen molar-refractivity contribution in [3.05, 3.63) is 30.1 Å². The van der Waals surface area contributed by atoms with Crippen LogP contribution >= 0.6 is 0 Å². The number of nitrogens with zero attached hydrogens (tertiary/aromatic N) is 3. The second-order valence-corrected chi connectivity index (χ2v) is 5.31. The van der Waals surface area contributed by atoms with Crippen molar-refractivity contribution in [2.24, 2.45) is 5.41 Å². The maximum Gasteiger partial charge on any atom is 0.123 e. The van der Waals surface area contributed by atoms with Crippen molar-refractivity contribution in [3.63, 3.8) is 0 Å². The number of fused-ring (bicyclic) bond motifs is 1. The SMILES string of the molecule is CN(C)C(c1ccc2nc[nH]c2c1)C1(C#N)COC1. The van der Waals surface area contributed by atoms with Crippen molar-refractivity contribution in [1.29, 1.82) is 5.26 Å². The molecule has 1 aromatic heterocycles. The fourth-order valence-electron chi connectivity index (χ4n) is 2.84. The molecule has 0 bridgehead atoms. The van der Waals surface area contributed by atoms with Gasteiger partial charge in [-0.05, 0) is 31.8 Å². The van der Waals surface area contributed by atoms with Gasteiger partial charge < -0.3 is 14.6 Å². The van der Waals surface area contributed by atoms with Crippen LogP contribution in [-0.4, -0.2) is 42.2 Å². The van der Waals surface area contributed by atoms with Gasteiger partial charge in [-0.2, -0.15) is 5.26 Å². The van der Waals surface area contributed by atoms with Gasteiger partial charge in [0.1, 0.15) is 5.41 Å². The summed E-state index contributed by atoms with van der Waals surface area (Å²) in [5.74, 6) is 0. The number of imidazole rings is 1. The average molecular weight is 256 g/mol. The summed E-state index contributed by atoms with van der Waals surface area (Å²) < 4.78 is 5.28. The molecule has 1 saturated heterocycles. The van der Waals surface area contributed by atoms with Crippen LogP contribution in [0.3, 0.4) is 0 Å². The minimum atomic E-state index is -0.447. The van der Waals surface area contributed by atoms with Gasteiger partial charge in [-0.1, -0.05) is 6.07 Å². The Morgan fingerprint density at radius 3 is 2.84 bits per heavy atom. The normalized spacial score (nSPS) is 19.1. The smallest absolute Gasteiger partial charge is 0.123 e. The van der Waals surface area contributed by atoms with Gasteiger partial charge in [0.15, 0.2) is 0 Å². The van der Waals surface area contributed by atoms with Gasteiger partial charge in [0.2, 0.25) is 0 Å². The summed E-state index contributed by atoms with van der Waals surface area (Å²) >= 11 is 0. The van der Waals surface area contributed by atoms with Gasteiger partial charge >= 0.3 is 0 Å².